The van der Waals surface area contributed by atoms with Crippen LogP contribution in [0.4, 0.5) is 0 Å². The van der Waals surface area contributed by atoms with Gasteiger partial charge in [0, 0.05) is 13.1 Å². The van der Waals surface area contributed by atoms with Gasteiger partial charge in [0.25, 0.3) is 0 Å². The number of amides is 1. The maximum absolute atomic E-state index is 12.9. The quantitative estimate of drug-likeness (QED) is 0.817. The molecule has 3 nitrogen and oxygen atoms in total. The number of carbonyl (C=O) groups excluding carboxylic acids is 1. The summed E-state index contributed by atoms with van der Waals surface area (Å²) in [5.74, 6) is 1.76. The lowest BCUT2D eigenvalue weighted by Crippen LogP contribution is -2.52. The molecule has 0 radical (unpaired) electrons. The fraction of sp³-hybridized carbons (Fsp3) is 0.933. The van der Waals surface area contributed by atoms with E-state index in [1.807, 2.05) is 0 Å². The Balaban J connectivity index is 2.08. The topological polar surface area (TPSA) is 32.3 Å². The lowest BCUT2D eigenvalue weighted by Gasteiger charge is -2.43. The fourth-order valence-electron chi connectivity index (χ4n) is 3.79. The van der Waals surface area contributed by atoms with Gasteiger partial charge in [-0.25, -0.2) is 0 Å². The minimum Gasteiger partial charge on any atom is -0.342 e. The van der Waals surface area contributed by atoms with E-state index in [4.69, 9.17) is 0 Å². The molecule has 0 saturated carbocycles. The molecule has 3 heteroatoms. The van der Waals surface area contributed by atoms with E-state index in [1.54, 1.807) is 0 Å². The third kappa shape index (κ3) is 2.71. The number of likely N-dealkylation sites (tertiary alicyclic amines) is 1. The molecule has 2 unspecified atom stereocenters. The minimum absolute atomic E-state index is 0.0674. The average Bonchev–Trinajstić information content (AvgIpc) is 2.37. The predicted molar refractivity (Wildman–Crippen MR) is 74.4 cm³/mol. The Kier molecular flexibility index (Phi) is 4.31. The van der Waals surface area contributed by atoms with Crippen LogP contribution >= 0.6 is 0 Å². The number of hydrogen-bond acceptors (Lipinski definition) is 2. The lowest BCUT2D eigenvalue weighted by atomic mass is 9.74. The Labute approximate surface area is 111 Å². The summed E-state index contributed by atoms with van der Waals surface area (Å²) in [5.41, 5.74) is -0.0674. The van der Waals surface area contributed by atoms with E-state index in [2.05, 4.69) is 31.0 Å². The van der Waals surface area contributed by atoms with E-state index in [9.17, 15) is 4.79 Å². The highest BCUT2D eigenvalue weighted by atomic mass is 16.2. The summed E-state index contributed by atoms with van der Waals surface area (Å²) < 4.78 is 0. The minimum atomic E-state index is -0.0674. The predicted octanol–water partition coefficient (Wildman–Crippen LogP) is 2.27. The van der Waals surface area contributed by atoms with Crippen molar-refractivity contribution in [1.29, 1.82) is 0 Å². The van der Waals surface area contributed by atoms with Gasteiger partial charge in [-0.15, -0.1) is 0 Å². The molecule has 2 heterocycles. The van der Waals surface area contributed by atoms with Crippen molar-refractivity contribution in [3.63, 3.8) is 0 Å². The van der Waals surface area contributed by atoms with Crippen LogP contribution in [0.2, 0.25) is 0 Å². The van der Waals surface area contributed by atoms with E-state index < -0.39 is 0 Å². The highest BCUT2D eigenvalue weighted by molar-refractivity contribution is 5.83. The van der Waals surface area contributed by atoms with Gasteiger partial charge in [0.05, 0.1) is 5.41 Å². The average molecular weight is 252 g/mol. The maximum Gasteiger partial charge on any atom is 0.228 e. The second kappa shape index (κ2) is 5.60. The molecule has 1 amide bonds. The van der Waals surface area contributed by atoms with Crippen molar-refractivity contribution < 1.29 is 4.79 Å². The molecule has 2 saturated heterocycles. The zero-order chi connectivity index (χ0) is 13.2. The Hall–Kier alpha value is -0.570. The van der Waals surface area contributed by atoms with Gasteiger partial charge in [0.2, 0.25) is 5.91 Å². The molecule has 2 rings (SSSR count). The van der Waals surface area contributed by atoms with Crippen LogP contribution in [0.3, 0.4) is 0 Å². The van der Waals surface area contributed by atoms with Gasteiger partial charge in [0.15, 0.2) is 0 Å². The molecule has 2 fully saturated rings. The van der Waals surface area contributed by atoms with E-state index >= 15 is 0 Å². The third-order valence-corrected chi connectivity index (χ3v) is 4.85. The molecule has 18 heavy (non-hydrogen) atoms. The molecule has 0 aromatic heterocycles. The van der Waals surface area contributed by atoms with Crippen molar-refractivity contribution >= 4 is 5.91 Å². The molecule has 0 spiro atoms. The Bertz CT molecular complexity index is 287. The van der Waals surface area contributed by atoms with Gasteiger partial charge in [0.1, 0.15) is 0 Å². The second-order valence-electron chi connectivity index (χ2n) is 6.54. The molecule has 2 aliphatic rings. The summed E-state index contributed by atoms with van der Waals surface area (Å²) in [6.45, 7) is 10.7. The van der Waals surface area contributed by atoms with Crippen LogP contribution in [0.5, 0.6) is 0 Å². The van der Waals surface area contributed by atoms with Crippen LogP contribution in [0.25, 0.3) is 0 Å². The zero-order valence-corrected chi connectivity index (χ0v) is 12.2. The second-order valence-corrected chi connectivity index (χ2v) is 6.54. The van der Waals surface area contributed by atoms with Crippen LogP contribution in [0.1, 0.15) is 46.5 Å². The number of nitrogens with zero attached hydrogens (tertiary/aromatic N) is 1. The van der Waals surface area contributed by atoms with Crippen molar-refractivity contribution in [2.45, 2.75) is 46.5 Å². The molecule has 104 valence electrons. The monoisotopic (exact) mass is 252 g/mol. The number of carbonyl (C=O) groups is 1. The van der Waals surface area contributed by atoms with E-state index in [0.29, 0.717) is 17.7 Å². The van der Waals surface area contributed by atoms with Crippen molar-refractivity contribution in [2.75, 3.05) is 26.2 Å². The third-order valence-electron chi connectivity index (χ3n) is 4.85. The first-order chi connectivity index (χ1) is 8.57. The number of hydrogen-bond donors (Lipinski definition) is 1. The van der Waals surface area contributed by atoms with Crippen molar-refractivity contribution in [3.05, 3.63) is 0 Å². The SMILES string of the molecule is CCC1(C(=O)N2CC(C)CC(C)C2)CCNCC1. The summed E-state index contributed by atoms with van der Waals surface area (Å²) in [7, 11) is 0. The van der Waals surface area contributed by atoms with Gasteiger partial charge < -0.3 is 10.2 Å². The first kappa shape index (κ1) is 13.9. The molecular weight excluding hydrogens is 224 g/mol. The van der Waals surface area contributed by atoms with Crippen molar-refractivity contribution in [2.24, 2.45) is 17.3 Å². The van der Waals surface area contributed by atoms with Crippen molar-refractivity contribution in [3.8, 4) is 0 Å². The van der Waals surface area contributed by atoms with Crippen LogP contribution in [0.15, 0.2) is 0 Å². The number of rotatable bonds is 2. The van der Waals surface area contributed by atoms with Crippen LogP contribution in [-0.4, -0.2) is 37.0 Å². The fourth-order valence-corrected chi connectivity index (χ4v) is 3.79. The Morgan fingerprint density at radius 2 is 1.78 bits per heavy atom. The summed E-state index contributed by atoms with van der Waals surface area (Å²) in [5, 5.41) is 3.38. The molecule has 2 atom stereocenters. The Morgan fingerprint density at radius 3 is 2.28 bits per heavy atom. The highest BCUT2D eigenvalue weighted by Gasteiger charge is 2.41. The first-order valence-corrected chi connectivity index (χ1v) is 7.57. The number of nitrogens with one attached hydrogen (secondary N) is 1. The largest absolute Gasteiger partial charge is 0.342 e. The van der Waals surface area contributed by atoms with Gasteiger partial charge in [-0.2, -0.15) is 0 Å². The van der Waals surface area contributed by atoms with Crippen LogP contribution < -0.4 is 5.32 Å². The summed E-state index contributed by atoms with van der Waals surface area (Å²) in [6, 6.07) is 0. The van der Waals surface area contributed by atoms with Gasteiger partial charge in [-0.1, -0.05) is 20.8 Å². The van der Waals surface area contributed by atoms with E-state index in [1.165, 1.54) is 6.42 Å². The van der Waals surface area contributed by atoms with E-state index in [-0.39, 0.29) is 5.41 Å². The molecule has 1 N–H and O–H groups in total. The molecule has 0 aromatic carbocycles. The van der Waals surface area contributed by atoms with Crippen LogP contribution in [0, 0.1) is 17.3 Å². The molecule has 0 bridgehead atoms. The molecule has 0 aliphatic carbocycles. The van der Waals surface area contributed by atoms with Gasteiger partial charge >= 0.3 is 0 Å². The smallest absolute Gasteiger partial charge is 0.228 e. The maximum atomic E-state index is 12.9. The lowest BCUT2D eigenvalue weighted by molar-refractivity contribution is -0.147. The highest BCUT2D eigenvalue weighted by Crippen LogP contribution is 2.36. The van der Waals surface area contributed by atoms with Gasteiger partial charge in [-0.3, -0.25) is 4.79 Å². The summed E-state index contributed by atoms with van der Waals surface area (Å²) >= 11 is 0. The van der Waals surface area contributed by atoms with E-state index in [0.717, 1.165) is 45.4 Å². The van der Waals surface area contributed by atoms with Gasteiger partial charge in [-0.05, 0) is 50.6 Å². The Morgan fingerprint density at radius 1 is 1.22 bits per heavy atom. The standard InChI is InChI=1S/C15H28N2O/c1-4-15(5-7-16-8-6-15)14(18)17-10-12(2)9-13(3)11-17/h12-13,16H,4-11H2,1-3H3. The summed E-state index contributed by atoms with van der Waals surface area (Å²) in [4.78, 5) is 15.1. The molecule has 0 aromatic rings. The molecule has 2 aliphatic heterocycles. The first-order valence-electron chi connectivity index (χ1n) is 7.57. The normalized spacial score (nSPS) is 32.3. The molecular formula is C15H28N2O. The summed E-state index contributed by atoms with van der Waals surface area (Å²) in [6.07, 6.45) is 4.29. The zero-order valence-electron chi connectivity index (χ0n) is 12.2. The van der Waals surface area contributed by atoms with Crippen molar-refractivity contribution in [1.82, 2.24) is 10.2 Å². The number of piperidine rings is 2. The van der Waals surface area contributed by atoms with Crippen LogP contribution in [-0.2, 0) is 4.79 Å².